The molecule has 88 valence electrons. The van der Waals surface area contributed by atoms with Gasteiger partial charge in [-0.1, -0.05) is 0 Å². The molecule has 0 aliphatic heterocycles. The SMILES string of the molecule is COc1cccn(-c2ccc(N)cc2C)c1=O. The van der Waals surface area contributed by atoms with Crippen molar-refractivity contribution in [1.29, 1.82) is 0 Å². The van der Waals surface area contributed by atoms with Crippen LogP contribution in [-0.2, 0) is 0 Å². The van der Waals surface area contributed by atoms with Crippen molar-refractivity contribution in [3.05, 3.63) is 52.4 Å². The van der Waals surface area contributed by atoms with Gasteiger partial charge in [-0.05, 0) is 42.8 Å². The number of anilines is 1. The van der Waals surface area contributed by atoms with Gasteiger partial charge in [-0.3, -0.25) is 9.36 Å². The maximum atomic E-state index is 12.0. The van der Waals surface area contributed by atoms with Crippen molar-refractivity contribution >= 4 is 5.69 Å². The van der Waals surface area contributed by atoms with Gasteiger partial charge in [0.1, 0.15) is 0 Å². The number of ether oxygens (including phenoxy) is 1. The van der Waals surface area contributed by atoms with E-state index in [-0.39, 0.29) is 5.56 Å². The number of pyridine rings is 1. The molecule has 0 aliphatic carbocycles. The van der Waals surface area contributed by atoms with Gasteiger partial charge in [-0.15, -0.1) is 0 Å². The summed E-state index contributed by atoms with van der Waals surface area (Å²) >= 11 is 0. The average molecular weight is 230 g/mol. The lowest BCUT2D eigenvalue weighted by Crippen LogP contribution is -2.19. The van der Waals surface area contributed by atoms with Crippen LogP contribution in [0.3, 0.4) is 0 Å². The molecule has 0 saturated heterocycles. The number of nitrogens with zero attached hydrogens (tertiary/aromatic N) is 1. The summed E-state index contributed by atoms with van der Waals surface area (Å²) in [4.78, 5) is 12.0. The molecule has 17 heavy (non-hydrogen) atoms. The van der Waals surface area contributed by atoms with E-state index < -0.39 is 0 Å². The summed E-state index contributed by atoms with van der Waals surface area (Å²) in [6.45, 7) is 1.91. The maximum Gasteiger partial charge on any atom is 0.297 e. The Bertz CT molecular complexity index is 603. The molecule has 0 amide bonds. The Labute approximate surface area is 99.3 Å². The first kappa shape index (κ1) is 11.3. The zero-order valence-corrected chi connectivity index (χ0v) is 9.81. The fourth-order valence-electron chi connectivity index (χ4n) is 1.77. The lowest BCUT2D eigenvalue weighted by molar-refractivity contribution is 0.406. The van der Waals surface area contributed by atoms with Crippen LogP contribution in [0, 0.1) is 6.92 Å². The number of benzene rings is 1. The largest absolute Gasteiger partial charge is 0.491 e. The van der Waals surface area contributed by atoms with Gasteiger partial charge in [0.15, 0.2) is 5.75 Å². The first-order valence-corrected chi connectivity index (χ1v) is 5.25. The number of nitrogens with two attached hydrogens (primary N) is 1. The number of hydrogen-bond acceptors (Lipinski definition) is 3. The molecule has 0 atom stereocenters. The quantitative estimate of drug-likeness (QED) is 0.799. The molecule has 0 unspecified atom stereocenters. The van der Waals surface area contributed by atoms with E-state index in [1.54, 1.807) is 29.0 Å². The predicted molar refractivity (Wildman–Crippen MR) is 67.7 cm³/mol. The first-order chi connectivity index (χ1) is 8.13. The molecular weight excluding hydrogens is 216 g/mol. The third-order valence-corrected chi connectivity index (χ3v) is 2.61. The van der Waals surface area contributed by atoms with Crippen molar-refractivity contribution in [2.24, 2.45) is 0 Å². The van der Waals surface area contributed by atoms with Gasteiger partial charge in [-0.25, -0.2) is 0 Å². The zero-order chi connectivity index (χ0) is 12.4. The summed E-state index contributed by atoms with van der Waals surface area (Å²) in [7, 11) is 1.48. The van der Waals surface area contributed by atoms with Crippen molar-refractivity contribution in [3.63, 3.8) is 0 Å². The highest BCUT2D eigenvalue weighted by molar-refractivity contribution is 5.51. The highest BCUT2D eigenvalue weighted by atomic mass is 16.5. The molecule has 0 radical (unpaired) electrons. The number of nitrogen functional groups attached to an aromatic ring is 1. The Morgan fingerprint density at radius 2 is 2.06 bits per heavy atom. The topological polar surface area (TPSA) is 57.2 Å². The van der Waals surface area contributed by atoms with Crippen molar-refractivity contribution in [1.82, 2.24) is 4.57 Å². The molecule has 1 heterocycles. The molecule has 0 aliphatic rings. The van der Waals surface area contributed by atoms with Gasteiger partial charge < -0.3 is 10.5 Å². The molecule has 1 aromatic carbocycles. The van der Waals surface area contributed by atoms with Gasteiger partial charge in [0.2, 0.25) is 0 Å². The van der Waals surface area contributed by atoms with Crippen LogP contribution in [0.2, 0.25) is 0 Å². The van der Waals surface area contributed by atoms with Gasteiger partial charge in [-0.2, -0.15) is 0 Å². The summed E-state index contributed by atoms with van der Waals surface area (Å²) in [5, 5.41) is 0. The van der Waals surface area contributed by atoms with Crippen molar-refractivity contribution in [2.75, 3.05) is 12.8 Å². The normalized spacial score (nSPS) is 10.2. The van der Waals surface area contributed by atoms with E-state index in [9.17, 15) is 4.79 Å². The first-order valence-electron chi connectivity index (χ1n) is 5.25. The molecule has 0 fully saturated rings. The van der Waals surface area contributed by atoms with E-state index >= 15 is 0 Å². The minimum atomic E-state index is -0.178. The Morgan fingerprint density at radius 3 is 2.71 bits per heavy atom. The summed E-state index contributed by atoms with van der Waals surface area (Å²) in [5.74, 6) is 0.323. The van der Waals surface area contributed by atoms with Crippen molar-refractivity contribution < 1.29 is 4.74 Å². The Balaban J connectivity index is 2.65. The Hall–Kier alpha value is -2.23. The highest BCUT2D eigenvalue weighted by Crippen LogP contribution is 2.16. The number of methoxy groups -OCH3 is 1. The number of rotatable bonds is 2. The fraction of sp³-hybridized carbons (Fsp3) is 0.154. The van der Waals surface area contributed by atoms with Gasteiger partial charge >= 0.3 is 0 Å². The molecule has 2 N–H and O–H groups in total. The second-order valence-electron chi connectivity index (χ2n) is 3.80. The van der Waals surface area contributed by atoms with Crippen LogP contribution in [0.15, 0.2) is 41.3 Å². The van der Waals surface area contributed by atoms with Crippen LogP contribution in [0.4, 0.5) is 5.69 Å². The number of hydrogen-bond donors (Lipinski definition) is 1. The minimum Gasteiger partial charge on any atom is -0.491 e. The predicted octanol–water partition coefficient (Wildman–Crippen LogP) is 1.74. The van der Waals surface area contributed by atoms with E-state index in [0.29, 0.717) is 11.4 Å². The lowest BCUT2D eigenvalue weighted by Gasteiger charge is -2.10. The van der Waals surface area contributed by atoms with Gasteiger partial charge in [0, 0.05) is 11.9 Å². The van der Waals surface area contributed by atoms with Crippen LogP contribution in [-0.4, -0.2) is 11.7 Å². The molecule has 2 rings (SSSR count). The lowest BCUT2D eigenvalue weighted by atomic mass is 10.1. The van der Waals surface area contributed by atoms with E-state index in [1.165, 1.54) is 7.11 Å². The molecule has 0 spiro atoms. The summed E-state index contributed by atoms with van der Waals surface area (Å²) in [6, 6.07) is 8.85. The zero-order valence-electron chi connectivity index (χ0n) is 9.81. The summed E-state index contributed by atoms with van der Waals surface area (Å²) in [6.07, 6.45) is 1.71. The minimum absolute atomic E-state index is 0.178. The molecule has 4 heteroatoms. The molecule has 4 nitrogen and oxygen atoms in total. The third kappa shape index (κ3) is 2.01. The average Bonchev–Trinajstić information content (AvgIpc) is 2.30. The molecule has 1 aromatic heterocycles. The molecule has 0 saturated carbocycles. The Morgan fingerprint density at radius 1 is 1.29 bits per heavy atom. The third-order valence-electron chi connectivity index (χ3n) is 2.61. The smallest absolute Gasteiger partial charge is 0.297 e. The van der Waals surface area contributed by atoms with Crippen LogP contribution in [0.25, 0.3) is 5.69 Å². The van der Waals surface area contributed by atoms with Crippen LogP contribution >= 0.6 is 0 Å². The van der Waals surface area contributed by atoms with E-state index in [4.69, 9.17) is 10.5 Å². The number of aromatic nitrogens is 1. The maximum absolute atomic E-state index is 12.0. The summed E-state index contributed by atoms with van der Waals surface area (Å²) in [5.41, 5.74) is 7.95. The van der Waals surface area contributed by atoms with Crippen LogP contribution in [0.1, 0.15) is 5.56 Å². The number of aryl methyl sites for hydroxylation is 1. The van der Waals surface area contributed by atoms with Gasteiger partial charge in [0.25, 0.3) is 5.56 Å². The molecule has 0 bridgehead atoms. The standard InChI is InChI=1S/C13H14N2O2/c1-9-8-10(14)5-6-11(9)15-7-3-4-12(17-2)13(15)16/h3-8H,14H2,1-2H3. The Kier molecular flexibility index (Phi) is 2.87. The van der Waals surface area contributed by atoms with E-state index in [0.717, 1.165) is 11.3 Å². The monoisotopic (exact) mass is 230 g/mol. The summed E-state index contributed by atoms with van der Waals surface area (Å²) < 4.78 is 6.56. The van der Waals surface area contributed by atoms with E-state index in [2.05, 4.69) is 0 Å². The van der Waals surface area contributed by atoms with Crippen molar-refractivity contribution in [2.45, 2.75) is 6.92 Å². The highest BCUT2D eigenvalue weighted by Gasteiger charge is 2.06. The second kappa shape index (κ2) is 4.33. The molecule has 2 aromatic rings. The van der Waals surface area contributed by atoms with Crippen LogP contribution < -0.4 is 16.0 Å². The van der Waals surface area contributed by atoms with Gasteiger partial charge in [0.05, 0.1) is 12.8 Å². The second-order valence-corrected chi connectivity index (χ2v) is 3.80. The molecular formula is C13H14N2O2. The van der Waals surface area contributed by atoms with Crippen molar-refractivity contribution in [3.8, 4) is 11.4 Å². The van der Waals surface area contributed by atoms with E-state index in [1.807, 2.05) is 19.1 Å². The fourth-order valence-corrected chi connectivity index (χ4v) is 1.77. The van der Waals surface area contributed by atoms with Crippen LogP contribution in [0.5, 0.6) is 5.75 Å².